The van der Waals surface area contributed by atoms with E-state index in [0.717, 1.165) is 25.9 Å². The summed E-state index contributed by atoms with van der Waals surface area (Å²) >= 11 is 0. The van der Waals surface area contributed by atoms with E-state index in [1.165, 1.54) is 5.56 Å². The van der Waals surface area contributed by atoms with Crippen LogP contribution < -0.4 is 5.32 Å². The molecule has 2 atom stereocenters. The van der Waals surface area contributed by atoms with Crippen molar-refractivity contribution in [2.24, 2.45) is 13.0 Å². The number of carbonyl (C=O) groups excluding carboxylic acids is 1. The second-order valence-electron chi connectivity index (χ2n) is 6.95. The average Bonchev–Trinajstić information content (AvgIpc) is 3.08. The van der Waals surface area contributed by atoms with Crippen molar-refractivity contribution in [2.75, 3.05) is 32.0 Å². The second-order valence-corrected chi connectivity index (χ2v) is 6.95. The van der Waals surface area contributed by atoms with E-state index in [4.69, 9.17) is 0 Å². The van der Waals surface area contributed by atoms with Crippen LogP contribution in [0, 0.1) is 5.92 Å². The highest BCUT2D eigenvalue weighted by atomic mass is 16.2. The van der Waals surface area contributed by atoms with Crippen LogP contribution >= 0.6 is 0 Å². The molecule has 0 aromatic carbocycles. The first kappa shape index (κ1) is 18.4. The Balaban J connectivity index is 1.70. The van der Waals surface area contributed by atoms with Gasteiger partial charge in [0.1, 0.15) is 5.82 Å². The number of amides is 2. The maximum Gasteiger partial charge on any atom is 0.322 e. The summed E-state index contributed by atoms with van der Waals surface area (Å²) in [5, 5.41) is 7.21. The predicted molar refractivity (Wildman–Crippen MR) is 102 cm³/mol. The average molecular weight is 356 g/mol. The lowest BCUT2D eigenvalue weighted by Gasteiger charge is -2.41. The minimum Gasteiger partial charge on any atom is -0.327 e. The summed E-state index contributed by atoms with van der Waals surface area (Å²) in [5.41, 5.74) is 1.23. The van der Waals surface area contributed by atoms with E-state index in [0.29, 0.717) is 24.3 Å². The number of nitrogens with zero attached hydrogens (tertiary/aromatic N) is 5. The van der Waals surface area contributed by atoms with Crippen molar-refractivity contribution in [1.29, 1.82) is 0 Å². The van der Waals surface area contributed by atoms with Crippen molar-refractivity contribution >= 4 is 11.8 Å². The Morgan fingerprint density at radius 2 is 2.27 bits per heavy atom. The maximum atomic E-state index is 12.5. The molecule has 3 heterocycles. The van der Waals surface area contributed by atoms with Gasteiger partial charge in [0.2, 0.25) is 0 Å². The minimum atomic E-state index is -0.123. The van der Waals surface area contributed by atoms with Crippen LogP contribution in [0.3, 0.4) is 0 Å². The molecule has 2 aromatic heterocycles. The fourth-order valence-electron chi connectivity index (χ4n) is 3.85. The Hall–Kier alpha value is -2.41. The van der Waals surface area contributed by atoms with Crippen molar-refractivity contribution in [3.05, 3.63) is 42.4 Å². The van der Waals surface area contributed by atoms with Gasteiger partial charge in [-0.2, -0.15) is 5.10 Å². The molecule has 0 saturated carbocycles. The number of likely N-dealkylation sites (tertiary alicyclic amines) is 1. The topological polar surface area (TPSA) is 66.3 Å². The van der Waals surface area contributed by atoms with Gasteiger partial charge in [0.25, 0.3) is 0 Å². The van der Waals surface area contributed by atoms with Crippen LogP contribution in [0.25, 0.3) is 0 Å². The zero-order valence-electron chi connectivity index (χ0n) is 15.8. The molecule has 0 radical (unpaired) electrons. The Labute approximate surface area is 155 Å². The van der Waals surface area contributed by atoms with Crippen LogP contribution in [0.2, 0.25) is 0 Å². The molecule has 26 heavy (non-hydrogen) atoms. The van der Waals surface area contributed by atoms with Crippen molar-refractivity contribution in [2.45, 2.75) is 25.8 Å². The largest absolute Gasteiger partial charge is 0.327 e. The molecule has 1 fully saturated rings. The fourth-order valence-corrected chi connectivity index (χ4v) is 3.85. The van der Waals surface area contributed by atoms with E-state index in [1.807, 2.05) is 37.1 Å². The number of pyridine rings is 1. The van der Waals surface area contributed by atoms with Gasteiger partial charge in [-0.05, 0) is 44.0 Å². The molecule has 0 spiro atoms. The third kappa shape index (κ3) is 4.22. The summed E-state index contributed by atoms with van der Waals surface area (Å²) < 4.78 is 1.85. The number of nitrogens with one attached hydrogen (secondary N) is 1. The van der Waals surface area contributed by atoms with E-state index in [-0.39, 0.29) is 6.03 Å². The lowest BCUT2D eigenvalue weighted by molar-refractivity contribution is 0.0828. The number of urea groups is 1. The standard InChI is InChI=1S/C19H28N6O/c1-4-25-11-7-8-15(18(25)16-12-21-24(3)14-16)13-23(2)19(26)22-17-9-5-6-10-20-17/h5-6,9-10,12,14-15,18H,4,7-8,11,13H2,1-3H3,(H,20,22,26)/t15-,18+/m0/s1. The molecule has 2 aromatic rings. The van der Waals surface area contributed by atoms with Gasteiger partial charge in [0.15, 0.2) is 0 Å². The van der Waals surface area contributed by atoms with Gasteiger partial charge >= 0.3 is 6.03 Å². The molecule has 1 aliphatic rings. The first-order valence-electron chi connectivity index (χ1n) is 9.24. The summed E-state index contributed by atoms with van der Waals surface area (Å²) in [5.74, 6) is 0.958. The molecule has 3 rings (SSSR count). The molecule has 1 N–H and O–H groups in total. The maximum absolute atomic E-state index is 12.5. The van der Waals surface area contributed by atoms with Crippen LogP contribution in [-0.2, 0) is 7.05 Å². The van der Waals surface area contributed by atoms with E-state index < -0.39 is 0 Å². The third-order valence-corrected chi connectivity index (χ3v) is 5.09. The van der Waals surface area contributed by atoms with Gasteiger partial charge in [-0.15, -0.1) is 0 Å². The SMILES string of the molecule is CCN1CCC[C@@H](CN(C)C(=O)Nc2ccccn2)[C@@H]1c1cnn(C)c1. The van der Waals surface area contributed by atoms with Crippen LogP contribution in [-0.4, -0.2) is 57.3 Å². The lowest BCUT2D eigenvalue weighted by atomic mass is 9.85. The quantitative estimate of drug-likeness (QED) is 0.895. The van der Waals surface area contributed by atoms with Crippen molar-refractivity contribution in [1.82, 2.24) is 24.6 Å². The Kier molecular flexibility index (Phi) is 5.88. The van der Waals surface area contributed by atoms with E-state index in [1.54, 1.807) is 17.2 Å². The molecule has 0 aliphatic carbocycles. The van der Waals surface area contributed by atoms with E-state index in [9.17, 15) is 4.79 Å². The lowest BCUT2D eigenvalue weighted by Crippen LogP contribution is -2.44. The van der Waals surface area contributed by atoms with Crippen molar-refractivity contribution in [3.63, 3.8) is 0 Å². The molecule has 7 heteroatoms. The minimum absolute atomic E-state index is 0.123. The number of anilines is 1. The normalized spacial score (nSPS) is 20.7. The Morgan fingerprint density at radius 3 is 2.92 bits per heavy atom. The first-order chi connectivity index (χ1) is 12.6. The molecule has 0 bridgehead atoms. The third-order valence-electron chi connectivity index (χ3n) is 5.09. The molecular weight excluding hydrogens is 328 g/mol. The number of carbonyl (C=O) groups is 1. The smallest absolute Gasteiger partial charge is 0.322 e. The summed E-state index contributed by atoms with van der Waals surface area (Å²) in [4.78, 5) is 21.0. The van der Waals surface area contributed by atoms with Crippen LogP contribution in [0.15, 0.2) is 36.8 Å². The summed E-state index contributed by atoms with van der Waals surface area (Å²) in [6.45, 7) is 4.99. The highest BCUT2D eigenvalue weighted by Crippen LogP contribution is 2.36. The summed E-state index contributed by atoms with van der Waals surface area (Å²) in [6, 6.07) is 5.67. The number of hydrogen-bond donors (Lipinski definition) is 1. The second kappa shape index (κ2) is 8.31. The van der Waals surface area contributed by atoms with Crippen molar-refractivity contribution in [3.8, 4) is 0 Å². The summed E-state index contributed by atoms with van der Waals surface area (Å²) in [7, 11) is 3.80. The highest BCUT2D eigenvalue weighted by Gasteiger charge is 2.34. The van der Waals surface area contributed by atoms with Crippen molar-refractivity contribution < 1.29 is 4.79 Å². The number of rotatable bonds is 5. The number of aromatic nitrogens is 3. The first-order valence-corrected chi connectivity index (χ1v) is 9.24. The summed E-state index contributed by atoms with van der Waals surface area (Å²) in [6.07, 6.45) is 8.00. The molecular formula is C19H28N6O. The number of hydrogen-bond acceptors (Lipinski definition) is 4. The van der Waals surface area contributed by atoms with Crippen LogP contribution in [0.4, 0.5) is 10.6 Å². The molecule has 1 saturated heterocycles. The van der Waals surface area contributed by atoms with E-state index >= 15 is 0 Å². The van der Waals surface area contributed by atoms with Gasteiger partial charge in [0.05, 0.1) is 6.20 Å². The molecule has 2 amide bonds. The van der Waals surface area contributed by atoms with Gasteiger partial charge in [-0.1, -0.05) is 13.0 Å². The van der Waals surface area contributed by atoms with Gasteiger partial charge in [0, 0.05) is 44.6 Å². The van der Waals surface area contributed by atoms with Gasteiger partial charge in [-0.3, -0.25) is 14.9 Å². The number of aryl methyl sites for hydroxylation is 1. The zero-order chi connectivity index (χ0) is 18.5. The predicted octanol–water partition coefficient (Wildman–Crippen LogP) is 2.75. The fraction of sp³-hybridized carbons (Fsp3) is 0.526. The molecule has 1 aliphatic heterocycles. The van der Waals surface area contributed by atoms with E-state index in [2.05, 4.69) is 33.4 Å². The Morgan fingerprint density at radius 1 is 1.42 bits per heavy atom. The number of piperidine rings is 1. The van der Waals surface area contributed by atoms with Gasteiger partial charge in [-0.25, -0.2) is 9.78 Å². The van der Waals surface area contributed by atoms with Gasteiger partial charge < -0.3 is 4.90 Å². The molecule has 140 valence electrons. The van der Waals surface area contributed by atoms with Crippen LogP contribution in [0.5, 0.6) is 0 Å². The molecule has 7 nitrogen and oxygen atoms in total. The Bertz CT molecular complexity index is 716. The molecule has 0 unspecified atom stereocenters. The van der Waals surface area contributed by atoms with Crippen LogP contribution in [0.1, 0.15) is 31.4 Å². The monoisotopic (exact) mass is 356 g/mol. The highest BCUT2D eigenvalue weighted by molar-refractivity contribution is 5.88. The zero-order valence-corrected chi connectivity index (χ0v) is 15.8.